The first-order valence-corrected chi connectivity index (χ1v) is 8.51. The Morgan fingerprint density at radius 3 is 2.54 bits per heavy atom. The maximum absolute atomic E-state index is 10.8. The van der Waals surface area contributed by atoms with Crippen molar-refractivity contribution in [3.05, 3.63) is 59.4 Å². The van der Waals surface area contributed by atoms with Gasteiger partial charge < -0.3 is 15.5 Å². The van der Waals surface area contributed by atoms with Crippen molar-refractivity contribution in [2.45, 2.75) is 13.0 Å². The molecule has 5 heteroatoms. The van der Waals surface area contributed by atoms with Crippen molar-refractivity contribution < 1.29 is 4.79 Å². The van der Waals surface area contributed by atoms with E-state index in [9.17, 15) is 4.79 Å². The number of pyridine rings is 1. The summed E-state index contributed by atoms with van der Waals surface area (Å²) >= 11 is 0. The molecule has 4 rings (SSSR count). The van der Waals surface area contributed by atoms with Crippen molar-refractivity contribution in [2.24, 2.45) is 0 Å². The zero-order chi connectivity index (χ0) is 16.6. The van der Waals surface area contributed by atoms with Gasteiger partial charge in [-0.15, -0.1) is 0 Å². The quantitative estimate of drug-likeness (QED) is 0.823. The van der Waals surface area contributed by atoms with Gasteiger partial charge in [-0.3, -0.25) is 9.78 Å². The molecule has 0 saturated carbocycles. The Hall–Kier alpha value is -2.24. The van der Waals surface area contributed by atoms with Gasteiger partial charge in [0.05, 0.1) is 11.3 Å². The van der Waals surface area contributed by atoms with Crippen LogP contribution in [0.1, 0.15) is 21.5 Å². The van der Waals surface area contributed by atoms with Crippen LogP contribution in [0.3, 0.4) is 0 Å². The molecule has 2 aromatic rings. The second kappa shape index (κ2) is 8.57. The number of anilines is 1. The van der Waals surface area contributed by atoms with E-state index in [0.29, 0.717) is 5.56 Å². The van der Waals surface area contributed by atoms with Crippen LogP contribution in [0.4, 0.5) is 5.69 Å². The van der Waals surface area contributed by atoms with E-state index in [4.69, 9.17) is 0 Å². The third kappa shape index (κ3) is 4.19. The first-order chi connectivity index (χ1) is 11.9. The minimum atomic E-state index is 0.675. The number of carbonyl (C=O) groups is 1. The van der Waals surface area contributed by atoms with Crippen molar-refractivity contribution >= 4 is 12.0 Å². The minimum Gasteiger partial charge on any atom is -0.368 e. The molecule has 24 heavy (non-hydrogen) atoms. The number of carbonyl (C=O) groups excluding carboxylic acids is 1. The fraction of sp³-hybridized carbons (Fsp3) is 0.368. The lowest BCUT2D eigenvalue weighted by Gasteiger charge is -2.30. The summed E-state index contributed by atoms with van der Waals surface area (Å²) in [5.74, 6) is 0. The molecule has 1 aromatic carbocycles. The second-order valence-electron chi connectivity index (χ2n) is 5.98. The summed E-state index contributed by atoms with van der Waals surface area (Å²) in [6, 6.07) is 10.5. The first-order valence-electron chi connectivity index (χ1n) is 8.51. The van der Waals surface area contributed by atoms with Gasteiger partial charge in [0, 0.05) is 45.1 Å². The molecule has 0 radical (unpaired) electrons. The molecule has 1 saturated heterocycles. The normalized spacial score (nSPS) is 16.6. The van der Waals surface area contributed by atoms with E-state index in [-0.39, 0.29) is 0 Å². The van der Waals surface area contributed by atoms with Gasteiger partial charge in [-0.2, -0.15) is 0 Å². The van der Waals surface area contributed by atoms with Gasteiger partial charge in [0.15, 0.2) is 6.29 Å². The summed E-state index contributed by atoms with van der Waals surface area (Å²) in [6.07, 6.45) is 5.40. The van der Waals surface area contributed by atoms with Crippen molar-refractivity contribution in [1.29, 1.82) is 0 Å². The highest BCUT2D eigenvalue weighted by Gasteiger charge is 2.13. The summed E-state index contributed by atoms with van der Waals surface area (Å²) in [7, 11) is 0. The number of benzene rings is 1. The monoisotopic (exact) mass is 324 g/mol. The fourth-order valence-electron chi connectivity index (χ4n) is 3.10. The Balaban J connectivity index is 0.000000149. The van der Waals surface area contributed by atoms with Gasteiger partial charge in [-0.05, 0) is 30.2 Å². The van der Waals surface area contributed by atoms with E-state index in [2.05, 4.69) is 44.8 Å². The number of rotatable bonds is 2. The van der Waals surface area contributed by atoms with Crippen molar-refractivity contribution in [2.75, 3.05) is 37.6 Å². The van der Waals surface area contributed by atoms with Crippen LogP contribution in [-0.4, -0.2) is 44.0 Å². The predicted molar refractivity (Wildman–Crippen MR) is 96.6 cm³/mol. The maximum Gasteiger partial charge on any atom is 0.153 e. The van der Waals surface area contributed by atoms with Gasteiger partial charge in [0.25, 0.3) is 0 Å². The third-order valence-electron chi connectivity index (χ3n) is 4.42. The SMILES string of the molecule is O=Cc1cnccc1N1CCNCC1.c1ccc2c(c1)CCNC2. The maximum atomic E-state index is 10.8. The highest BCUT2D eigenvalue weighted by atomic mass is 16.1. The fourth-order valence-corrected chi connectivity index (χ4v) is 3.10. The van der Waals surface area contributed by atoms with Crippen LogP contribution in [0.15, 0.2) is 42.7 Å². The zero-order valence-electron chi connectivity index (χ0n) is 13.9. The predicted octanol–water partition coefficient (Wildman–Crippen LogP) is 1.64. The molecule has 0 aliphatic carbocycles. The van der Waals surface area contributed by atoms with Crippen molar-refractivity contribution in [3.63, 3.8) is 0 Å². The standard InChI is InChI=1S/C10H13N3O.C9H11N/c14-8-9-7-12-2-1-10(9)13-5-3-11-4-6-13;1-2-4-9-7-10-6-5-8(9)3-1/h1-2,7-8,11H,3-6H2;1-4,10H,5-7H2. The Kier molecular flexibility index (Phi) is 5.93. The number of aldehydes is 1. The number of nitrogens with zero attached hydrogens (tertiary/aromatic N) is 2. The summed E-state index contributed by atoms with van der Waals surface area (Å²) in [4.78, 5) is 16.9. The molecule has 126 valence electrons. The second-order valence-corrected chi connectivity index (χ2v) is 5.98. The summed E-state index contributed by atoms with van der Waals surface area (Å²) < 4.78 is 0. The number of aromatic nitrogens is 1. The number of nitrogens with one attached hydrogen (secondary N) is 2. The number of hydrogen-bond donors (Lipinski definition) is 2. The number of fused-ring (bicyclic) bond motifs is 1. The molecule has 2 N–H and O–H groups in total. The van der Waals surface area contributed by atoms with Crippen LogP contribution in [0.5, 0.6) is 0 Å². The minimum absolute atomic E-state index is 0.675. The molecular formula is C19H24N4O. The molecule has 2 aliphatic rings. The van der Waals surface area contributed by atoms with Crippen LogP contribution >= 0.6 is 0 Å². The van der Waals surface area contributed by atoms with E-state index in [1.54, 1.807) is 12.4 Å². The lowest BCUT2D eigenvalue weighted by molar-refractivity contribution is 0.112. The van der Waals surface area contributed by atoms with E-state index >= 15 is 0 Å². The Morgan fingerprint density at radius 2 is 1.79 bits per heavy atom. The molecule has 1 aromatic heterocycles. The van der Waals surface area contributed by atoms with Gasteiger partial charge in [0.2, 0.25) is 0 Å². The average molecular weight is 324 g/mol. The smallest absolute Gasteiger partial charge is 0.153 e. The lowest BCUT2D eigenvalue weighted by atomic mass is 10.0. The molecule has 0 atom stereocenters. The van der Waals surface area contributed by atoms with Crippen LogP contribution in [0, 0.1) is 0 Å². The molecule has 5 nitrogen and oxygen atoms in total. The third-order valence-corrected chi connectivity index (χ3v) is 4.42. The lowest BCUT2D eigenvalue weighted by Crippen LogP contribution is -2.43. The molecule has 0 spiro atoms. The summed E-state index contributed by atoms with van der Waals surface area (Å²) in [5.41, 5.74) is 4.65. The Labute approximate surface area is 143 Å². The van der Waals surface area contributed by atoms with E-state index < -0.39 is 0 Å². The number of hydrogen-bond acceptors (Lipinski definition) is 5. The van der Waals surface area contributed by atoms with Crippen molar-refractivity contribution in [1.82, 2.24) is 15.6 Å². The van der Waals surface area contributed by atoms with Crippen LogP contribution < -0.4 is 15.5 Å². The molecule has 0 bridgehead atoms. The van der Waals surface area contributed by atoms with E-state index in [0.717, 1.165) is 51.2 Å². The molecule has 0 amide bonds. The highest BCUT2D eigenvalue weighted by Crippen LogP contribution is 2.17. The van der Waals surface area contributed by atoms with Crippen LogP contribution in [0.25, 0.3) is 0 Å². The average Bonchev–Trinajstić information content (AvgIpc) is 2.69. The number of piperazine rings is 1. The Bertz CT molecular complexity index is 643. The largest absolute Gasteiger partial charge is 0.368 e. The summed E-state index contributed by atoms with van der Waals surface area (Å²) in [6.45, 7) is 6.03. The van der Waals surface area contributed by atoms with Gasteiger partial charge in [-0.1, -0.05) is 24.3 Å². The molecule has 3 heterocycles. The van der Waals surface area contributed by atoms with Crippen LogP contribution in [-0.2, 0) is 13.0 Å². The highest BCUT2D eigenvalue weighted by molar-refractivity contribution is 5.83. The molecular weight excluding hydrogens is 300 g/mol. The Morgan fingerprint density at radius 1 is 1.00 bits per heavy atom. The molecule has 0 unspecified atom stereocenters. The van der Waals surface area contributed by atoms with Gasteiger partial charge in [-0.25, -0.2) is 0 Å². The molecule has 1 fully saturated rings. The topological polar surface area (TPSA) is 57.3 Å². The van der Waals surface area contributed by atoms with E-state index in [1.807, 2.05) is 6.07 Å². The van der Waals surface area contributed by atoms with E-state index in [1.165, 1.54) is 17.5 Å². The summed E-state index contributed by atoms with van der Waals surface area (Å²) in [5, 5.41) is 6.62. The molecule has 2 aliphatic heterocycles. The van der Waals surface area contributed by atoms with Gasteiger partial charge >= 0.3 is 0 Å². The first kappa shape index (κ1) is 16.6. The zero-order valence-corrected chi connectivity index (χ0v) is 13.9. The van der Waals surface area contributed by atoms with Gasteiger partial charge in [0.1, 0.15) is 0 Å². The van der Waals surface area contributed by atoms with Crippen molar-refractivity contribution in [3.8, 4) is 0 Å². The van der Waals surface area contributed by atoms with Crippen LogP contribution in [0.2, 0.25) is 0 Å².